The summed E-state index contributed by atoms with van der Waals surface area (Å²) in [5, 5.41) is 3.50. The molecule has 1 fully saturated rings. The van der Waals surface area contributed by atoms with Gasteiger partial charge in [0.25, 0.3) is 0 Å². The number of hydrogen-bond acceptors (Lipinski definition) is 3. The molecule has 1 aromatic heterocycles. The molecule has 1 aliphatic rings. The zero-order valence-electron chi connectivity index (χ0n) is 12.0. The number of pyridine rings is 1. The highest BCUT2D eigenvalue weighted by molar-refractivity contribution is 5.54. The van der Waals surface area contributed by atoms with E-state index in [-0.39, 0.29) is 5.54 Å². The molecule has 0 aliphatic carbocycles. The van der Waals surface area contributed by atoms with Crippen LogP contribution in [-0.4, -0.2) is 23.1 Å². The van der Waals surface area contributed by atoms with Gasteiger partial charge >= 0.3 is 0 Å². The Hall–Kier alpha value is -1.09. The number of aromatic nitrogens is 1. The van der Waals surface area contributed by atoms with Crippen molar-refractivity contribution in [1.29, 1.82) is 0 Å². The van der Waals surface area contributed by atoms with Gasteiger partial charge in [-0.05, 0) is 38.3 Å². The van der Waals surface area contributed by atoms with Gasteiger partial charge in [0.15, 0.2) is 0 Å². The highest BCUT2D eigenvalue weighted by Crippen LogP contribution is 2.34. The van der Waals surface area contributed by atoms with Crippen LogP contribution in [0.15, 0.2) is 18.5 Å². The molecule has 0 bridgehead atoms. The van der Waals surface area contributed by atoms with Crippen LogP contribution < -0.4 is 10.2 Å². The minimum Gasteiger partial charge on any atom is -0.365 e. The monoisotopic (exact) mass is 247 g/mol. The standard InChI is InChI=1S/C15H25N3/c1-12(2)17-10-13-6-8-16-11-14(13)18-9-5-7-15(18,3)4/h6,8,11-12,17H,5,7,9-10H2,1-4H3. The fraction of sp³-hybridized carbons (Fsp3) is 0.667. The van der Waals surface area contributed by atoms with Gasteiger partial charge in [0.2, 0.25) is 0 Å². The first-order valence-electron chi connectivity index (χ1n) is 6.94. The van der Waals surface area contributed by atoms with Gasteiger partial charge in [-0.1, -0.05) is 13.8 Å². The topological polar surface area (TPSA) is 28.2 Å². The lowest BCUT2D eigenvalue weighted by molar-refractivity contribution is 0.514. The Morgan fingerprint density at radius 1 is 1.44 bits per heavy atom. The molecule has 0 radical (unpaired) electrons. The predicted octanol–water partition coefficient (Wildman–Crippen LogP) is 2.96. The highest BCUT2D eigenvalue weighted by Gasteiger charge is 2.33. The summed E-state index contributed by atoms with van der Waals surface area (Å²) >= 11 is 0. The summed E-state index contributed by atoms with van der Waals surface area (Å²) in [5.41, 5.74) is 2.91. The van der Waals surface area contributed by atoms with Crippen LogP contribution in [0.3, 0.4) is 0 Å². The van der Waals surface area contributed by atoms with Gasteiger partial charge in [-0.25, -0.2) is 0 Å². The van der Waals surface area contributed by atoms with Crippen LogP contribution in [0.1, 0.15) is 46.1 Å². The van der Waals surface area contributed by atoms with Gasteiger partial charge in [-0.15, -0.1) is 0 Å². The minimum atomic E-state index is 0.260. The SMILES string of the molecule is CC(C)NCc1ccncc1N1CCCC1(C)C. The van der Waals surface area contributed by atoms with Gasteiger partial charge in [-0.2, -0.15) is 0 Å². The van der Waals surface area contributed by atoms with Gasteiger partial charge in [0.1, 0.15) is 0 Å². The second kappa shape index (κ2) is 5.27. The Balaban J connectivity index is 2.22. The second-order valence-electron chi connectivity index (χ2n) is 6.11. The van der Waals surface area contributed by atoms with Crippen molar-refractivity contribution < 1.29 is 0 Å². The average molecular weight is 247 g/mol. The summed E-state index contributed by atoms with van der Waals surface area (Å²) in [6.45, 7) is 11.1. The number of hydrogen-bond donors (Lipinski definition) is 1. The normalized spacial score (nSPS) is 18.6. The summed E-state index contributed by atoms with van der Waals surface area (Å²) in [4.78, 5) is 6.82. The third-order valence-corrected chi connectivity index (χ3v) is 3.78. The Labute approximate surface area is 111 Å². The van der Waals surface area contributed by atoms with Crippen LogP contribution in [0.4, 0.5) is 5.69 Å². The molecule has 1 N–H and O–H groups in total. The summed E-state index contributed by atoms with van der Waals surface area (Å²) in [6.07, 6.45) is 6.45. The second-order valence-corrected chi connectivity index (χ2v) is 6.11. The molecule has 0 amide bonds. The van der Waals surface area contributed by atoms with E-state index in [1.165, 1.54) is 24.1 Å². The van der Waals surface area contributed by atoms with Crippen molar-refractivity contribution in [3.8, 4) is 0 Å². The molecule has 2 heterocycles. The van der Waals surface area contributed by atoms with Crippen LogP contribution in [0.2, 0.25) is 0 Å². The van der Waals surface area contributed by atoms with Crippen molar-refractivity contribution in [1.82, 2.24) is 10.3 Å². The van der Waals surface area contributed by atoms with E-state index in [2.05, 4.69) is 49.0 Å². The maximum absolute atomic E-state index is 4.31. The highest BCUT2D eigenvalue weighted by atomic mass is 15.2. The summed E-state index contributed by atoms with van der Waals surface area (Å²) in [7, 11) is 0. The third-order valence-electron chi connectivity index (χ3n) is 3.78. The van der Waals surface area contributed by atoms with E-state index in [1.807, 2.05) is 12.4 Å². The van der Waals surface area contributed by atoms with Crippen LogP contribution in [-0.2, 0) is 6.54 Å². The summed E-state index contributed by atoms with van der Waals surface area (Å²) in [6, 6.07) is 2.65. The van der Waals surface area contributed by atoms with Crippen molar-refractivity contribution in [3.05, 3.63) is 24.0 Å². The van der Waals surface area contributed by atoms with Crippen LogP contribution in [0, 0.1) is 0 Å². The molecule has 0 atom stereocenters. The molecule has 3 heteroatoms. The van der Waals surface area contributed by atoms with Crippen molar-refractivity contribution in [2.24, 2.45) is 0 Å². The maximum atomic E-state index is 4.31. The number of nitrogens with one attached hydrogen (secondary N) is 1. The minimum absolute atomic E-state index is 0.260. The maximum Gasteiger partial charge on any atom is 0.0602 e. The van der Waals surface area contributed by atoms with Gasteiger partial charge in [0.05, 0.1) is 11.9 Å². The molecule has 2 rings (SSSR count). The van der Waals surface area contributed by atoms with Crippen molar-refractivity contribution >= 4 is 5.69 Å². The van der Waals surface area contributed by atoms with Crippen LogP contribution in [0.5, 0.6) is 0 Å². The lowest BCUT2D eigenvalue weighted by Gasteiger charge is -2.35. The molecular formula is C15H25N3. The molecule has 3 nitrogen and oxygen atoms in total. The molecule has 1 aromatic rings. The molecular weight excluding hydrogens is 222 g/mol. The molecule has 1 aliphatic heterocycles. The van der Waals surface area contributed by atoms with Crippen LogP contribution >= 0.6 is 0 Å². The van der Waals surface area contributed by atoms with E-state index in [0.717, 1.165) is 13.1 Å². The van der Waals surface area contributed by atoms with Crippen molar-refractivity contribution in [3.63, 3.8) is 0 Å². The van der Waals surface area contributed by atoms with Crippen molar-refractivity contribution in [2.45, 2.75) is 58.7 Å². The number of nitrogens with zero attached hydrogens (tertiary/aromatic N) is 2. The van der Waals surface area contributed by atoms with Gasteiger partial charge < -0.3 is 10.2 Å². The van der Waals surface area contributed by atoms with E-state index in [1.54, 1.807) is 0 Å². The van der Waals surface area contributed by atoms with Gasteiger partial charge in [-0.3, -0.25) is 4.98 Å². The van der Waals surface area contributed by atoms with Crippen molar-refractivity contribution in [2.75, 3.05) is 11.4 Å². The molecule has 1 saturated heterocycles. The first-order chi connectivity index (χ1) is 8.50. The average Bonchev–Trinajstić information content (AvgIpc) is 2.66. The van der Waals surface area contributed by atoms with E-state index in [9.17, 15) is 0 Å². The number of anilines is 1. The zero-order valence-corrected chi connectivity index (χ0v) is 12.0. The molecule has 100 valence electrons. The Morgan fingerprint density at radius 3 is 2.83 bits per heavy atom. The fourth-order valence-electron chi connectivity index (χ4n) is 2.68. The Bertz CT molecular complexity index is 398. The Morgan fingerprint density at radius 2 is 2.22 bits per heavy atom. The first kappa shape index (κ1) is 13.3. The van der Waals surface area contributed by atoms with E-state index >= 15 is 0 Å². The molecule has 0 saturated carbocycles. The largest absolute Gasteiger partial charge is 0.365 e. The van der Waals surface area contributed by atoms with Crippen LogP contribution in [0.25, 0.3) is 0 Å². The Kier molecular flexibility index (Phi) is 3.91. The summed E-state index contributed by atoms with van der Waals surface area (Å²) < 4.78 is 0. The van der Waals surface area contributed by atoms with E-state index < -0.39 is 0 Å². The quantitative estimate of drug-likeness (QED) is 0.886. The predicted molar refractivity (Wildman–Crippen MR) is 76.9 cm³/mol. The zero-order chi connectivity index (χ0) is 13.2. The summed E-state index contributed by atoms with van der Waals surface area (Å²) in [5.74, 6) is 0. The molecule has 0 unspecified atom stereocenters. The van der Waals surface area contributed by atoms with E-state index in [0.29, 0.717) is 6.04 Å². The van der Waals surface area contributed by atoms with Gasteiger partial charge in [0, 0.05) is 30.9 Å². The lowest BCUT2D eigenvalue weighted by atomic mass is 10.0. The molecule has 0 spiro atoms. The smallest absolute Gasteiger partial charge is 0.0602 e. The van der Waals surface area contributed by atoms with E-state index in [4.69, 9.17) is 0 Å². The number of rotatable bonds is 4. The first-order valence-corrected chi connectivity index (χ1v) is 6.94. The molecule has 18 heavy (non-hydrogen) atoms. The lowest BCUT2D eigenvalue weighted by Crippen LogP contribution is -2.39. The fourth-order valence-corrected chi connectivity index (χ4v) is 2.68. The molecule has 0 aromatic carbocycles. The third kappa shape index (κ3) is 2.83.